The largest absolute Gasteiger partial charge is 0.395 e. The first-order valence-electron chi connectivity index (χ1n) is 3.99. The van der Waals surface area contributed by atoms with Crippen molar-refractivity contribution in [3.05, 3.63) is 24.3 Å². The first kappa shape index (κ1) is 8.87. The summed E-state index contributed by atoms with van der Waals surface area (Å²) in [5.74, 6) is 0. The van der Waals surface area contributed by atoms with Gasteiger partial charge in [0.2, 0.25) is 0 Å². The highest BCUT2D eigenvalue weighted by atomic mass is 16.3. The molecule has 0 aliphatic heterocycles. The van der Waals surface area contributed by atoms with Gasteiger partial charge < -0.3 is 15.7 Å². The molecule has 1 aromatic carbocycles. The molecule has 0 aliphatic rings. The van der Waals surface area contributed by atoms with Crippen molar-refractivity contribution in [3.8, 4) is 0 Å². The Bertz CT molecular complexity index is 220. The van der Waals surface area contributed by atoms with Crippen molar-refractivity contribution in [1.82, 2.24) is 0 Å². The second kappa shape index (κ2) is 4.62. The number of anilines is 2. The lowest BCUT2D eigenvalue weighted by molar-refractivity contribution is 0.311. The molecule has 0 radical (unpaired) electrons. The second-order valence-corrected chi connectivity index (χ2v) is 2.48. The van der Waals surface area contributed by atoms with Crippen LogP contribution in [0.2, 0.25) is 0 Å². The van der Waals surface area contributed by atoms with Gasteiger partial charge in [0.05, 0.1) is 6.61 Å². The van der Waals surface area contributed by atoms with Crippen LogP contribution >= 0.6 is 0 Å². The predicted octanol–water partition coefficient (Wildman–Crippen LogP) is 1.13. The van der Waals surface area contributed by atoms with Crippen LogP contribution in [0.3, 0.4) is 0 Å². The average molecular weight is 166 g/mol. The van der Waals surface area contributed by atoms with E-state index in [-0.39, 0.29) is 6.61 Å². The summed E-state index contributed by atoms with van der Waals surface area (Å²) in [7, 11) is 1.89. The third-order valence-corrected chi connectivity index (χ3v) is 1.61. The molecule has 0 spiro atoms. The monoisotopic (exact) mass is 166 g/mol. The van der Waals surface area contributed by atoms with Crippen molar-refractivity contribution in [2.24, 2.45) is 0 Å². The van der Waals surface area contributed by atoms with Crippen molar-refractivity contribution in [1.29, 1.82) is 0 Å². The van der Waals surface area contributed by atoms with Gasteiger partial charge in [0.1, 0.15) is 0 Å². The fraction of sp³-hybridized carbons (Fsp3) is 0.333. The SMILES string of the molecule is CNc1ccc(NCCO)cc1. The van der Waals surface area contributed by atoms with Gasteiger partial charge in [-0.1, -0.05) is 0 Å². The minimum atomic E-state index is 0.160. The topological polar surface area (TPSA) is 44.3 Å². The van der Waals surface area contributed by atoms with Crippen LogP contribution in [0, 0.1) is 0 Å². The number of aliphatic hydroxyl groups is 1. The zero-order chi connectivity index (χ0) is 8.81. The summed E-state index contributed by atoms with van der Waals surface area (Å²) in [6, 6.07) is 7.92. The molecule has 0 bridgehead atoms. The minimum absolute atomic E-state index is 0.160. The summed E-state index contributed by atoms with van der Waals surface area (Å²) in [6.07, 6.45) is 0. The van der Waals surface area contributed by atoms with Gasteiger partial charge in [-0.2, -0.15) is 0 Å². The first-order valence-corrected chi connectivity index (χ1v) is 3.99. The third-order valence-electron chi connectivity index (χ3n) is 1.61. The third kappa shape index (κ3) is 2.43. The number of hydrogen-bond donors (Lipinski definition) is 3. The molecule has 0 fully saturated rings. The van der Waals surface area contributed by atoms with Crippen LogP contribution in [-0.4, -0.2) is 25.3 Å². The van der Waals surface area contributed by atoms with Crippen LogP contribution in [0.1, 0.15) is 0 Å². The Morgan fingerprint density at radius 1 is 1.17 bits per heavy atom. The Morgan fingerprint density at radius 2 is 1.75 bits per heavy atom. The summed E-state index contributed by atoms with van der Waals surface area (Å²) in [5, 5.41) is 14.7. The van der Waals surface area contributed by atoms with Gasteiger partial charge in [0.15, 0.2) is 0 Å². The van der Waals surface area contributed by atoms with E-state index in [4.69, 9.17) is 5.11 Å². The lowest BCUT2D eigenvalue weighted by Gasteiger charge is -2.05. The molecule has 3 N–H and O–H groups in total. The molecule has 0 aromatic heterocycles. The zero-order valence-electron chi connectivity index (χ0n) is 7.17. The van der Waals surface area contributed by atoms with Crippen molar-refractivity contribution >= 4 is 11.4 Å². The lowest BCUT2D eigenvalue weighted by atomic mass is 10.3. The fourth-order valence-corrected chi connectivity index (χ4v) is 0.955. The molecule has 0 unspecified atom stereocenters. The van der Waals surface area contributed by atoms with Crippen LogP contribution in [0.25, 0.3) is 0 Å². The van der Waals surface area contributed by atoms with Gasteiger partial charge in [-0.15, -0.1) is 0 Å². The summed E-state index contributed by atoms with van der Waals surface area (Å²) in [6.45, 7) is 0.757. The Hall–Kier alpha value is -1.22. The molecule has 0 heterocycles. The Labute approximate surface area is 72.4 Å². The average Bonchev–Trinajstić information content (AvgIpc) is 2.15. The van der Waals surface area contributed by atoms with Gasteiger partial charge in [-0.25, -0.2) is 0 Å². The van der Waals surface area contributed by atoms with Crippen LogP contribution in [-0.2, 0) is 0 Å². The quantitative estimate of drug-likeness (QED) is 0.628. The molecule has 1 aromatic rings. The number of rotatable bonds is 4. The van der Waals surface area contributed by atoms with Crippen molar-refractivity contribution in [2.75, 3.05) is 30.8 Å². The van der Waals surface area contributed by atoms with E-state index in [1.54, 1.807) is 0 Å². The van der Waals surface area contributed by atoms with Gasteiger partial charge >= 0.3 is 0 Å². The molecule has 0 amide bonds. The van der Waals surface area contributed by atoms with Crippen molar-refractivity contribution in [2.45, 2.75) is 0 Å². The van der Waals surface area contributed by atoms with E-state index in [1.165, 1.54) is 0 Å². The number of nitrogens with one attached hydrogen (secondary N) is 2. The van der Waals surface area contributed by atoms with E-state index in [1.807, 2.05) is 31.3 Å². The summed E-state index contributed by atoms with van der Waals surface area (Å²) in [4.78, 5) is 0. The van der Waals surface area contributed by atoms with Crippen LogP contribution < -0.4 is 10.6 Å². The Kier molecular flexibility index (Phi) is 3.41. The summed E-state index contributed by atoms with van der Waals surface area (Å²) >= 11 is 0. The molecule has 3 nitrogen and oxygen atoms in total. The standard InChI is InChI=1S/C9H14N2O/c1-10-8-2-4-9(5-3-8)11-6-7-12/h2-5,10-12H,6-7H2,1H3. The second-order valence-electron chi connectivity index (χ2n) is 2.48. The molecule has 3 heteroatoms. The van der Waals surface area contributed by atoms with Gasteiger partial charge in [0, 0.05) is 25.0 Å². The molecule has 0 saturated heterocycles. The van der Waals surface area contributed by atoms with Crippen LogP contribution in [0.4, 0.5) is 11.4 Å². The number of benzene rings is 1. The zero-order valence-corrected chi connectivity index (χ0v) is 7.17. The number of hydrogen-bond acceptors (Lipinski definition) is 3. The van der Waals surface area contributed by atoms with E-state index in [0.29, 0.717) is 6.54 Å². The maximum absolute atomic E-state index is 8.55. The van der Waals surface area contributed by atoms with Gasteiger partial charge in [-0.3, -0.25) is 0 Å². The fourth-order valence-electron chi connectivity index (χ4n) is 0.955. The van der Waals surface area contributed by atoms with E-state index in [2.05, 4.69) is 10.6 Å². The summed E-state index contributed by atoms with van der Waals surface area (Å²) < 4.78 is 0. The van der Waals surface area contributed by atoms with Gasteiger partial charge in [0.25, 0.3) is 0 Å². The number of aliphatic hydroxyl groups excluding tert-OH is 1. The van der Waals surface area contributed by atoms with Crippen LogP contribution in [0.5, 0.6) is 0 Å². The van der Waals surface area contributed by atoms with E-state index in [0.717, 1.165) is 11.4 Å². The maximum atomic E-state index is 8.55. The van der Waals surface area contributed by atoms with E-state index in [9.17, 15) is 0 Å². The highest BCUT2D eigenvalue weighted by Crippen LogP contribution is 2.11. The molecule has 0 aliphatic carbocycles. The highest BCUT2D eigenvalue weighted by Gasteiger charge is 1.90. The van der Waals surface area contributed by atoms with Gasteiger partial charge in [-0.05, 0) is 24.3 Å². The van der Waals surface area contributed by atoms with Crippen LogP contribution in [0.15, 0.2) is 24.3 Å². The maximum Gasteiger partial charge on any atom is 0.0604 e. The van der Waals surface area contributed by atoms with E-state index >= 15 is 0 Å². The Balaban J connectivity index is 2.53. The first-order chi connectivity index (χ1) is 5.86. The smallest absolute Gasteiger partial charge is 0.0604 e. The molecule has 1 rings (SSSR count). The van der Waals surface area contributed by atoms with Crippen molar-refractivity contribution in [3.63, 3.8) is 0 Å². The minimum Gasteiger partial charge on any atom is -0.395 e. The highest BCUT2D eigenvalue weighted by molar-refractivity contribution is 5.53. The lowest BCUT2D eigenvalue weighted by Crippen LogP contribution is -2.05. The molecule has 0 atom stereocenters. The normalized spacial score (nSPS) is 9.50. The summed E-state index contributed by atoms with van der Waals surface area (Å²) in [5.41, 5.74) is 2.12. The Morgan fingerprint density at radius 3 is 2.25 bits per heavy atom. The molecule has 12 heavy (non-hydrogen) atoms. The molecule has 66 valence electrons. The predicted molar refractivity (Wildman–Crippen MR) is 51.6 cm³/mol. The van der Waals surface area contributed by atoms with Crippen molar-refractivity contribution < 1.29 is 5.11 Å². The molecule has 0 saturated carbocycles. The molecular weight excluding hydrogens is 152 g/mol. The molecular formula is C9H14N2O. The van der Waals surface area contributed by atoms with E-state index < -0.39 is 0 Å².